The van der Waals surface area contributed by atoms with Crippen molar-refractivity contribution in [1.82, 2.24) is 0 Å². The number of nitrogens with zero attached hydrogens (tertiary/aromatic N) is 1. The van der Waals surface area contributed by atoms with E-state index in [9.17, 15) is 10.1 Å². The van der Waals surface area contributed by atoms with Gasteiger partial charge in [0.05, 0.1) is 4.92 Å². The maximum atomic E-state index is 10.4. The van der Waals surface area contributed by atoms with Gasteiger partial charge >= 0.3 is 0 Å². The number of nitro benzene ring substituents is 1. The summed E-state index contributed by atoms with van der Waals surface area (Å²) in [6, 6.07) is 5.92. The molecule has 0 heterocycles. The molecule has 2 N–H and O–H groups in total. The lowest BCUT2D eigenvalue weighted by Gasteiger charge is -2.18. The first-order valence-corrected chi connectivity index (χ1v) is 4.55. The lowest BCUT2D eigenvalue weighted by atomic mass is 10.1. The summed E-state index contributed by atoms with van der Waals surface area (Å²) in [4.78, 5) is 9.93. The summed E-state index contributed by atoms with van der Waals surface area (Å²) in [5, 5.41) is 10.4. The maximum absolute atomic E-state index is 10.4. The molecule has 15 heavy (non-hydrogen) atoms. The van der Waals surface area contributed by atoms with Gasteiger partial charge in [0.2, 0.25) is 0 Å². The molecule has 5 heteroatoms. The van der Waals surface area contributed by atoms with E-state index in [1.807, 2.05) is 13.8 Å². The van der Waals surface area contributed by atoms with Crippen molar-refractivity contribution in [2.45, 2.75) is 19.4 Å². The molecule has 1 rings (SSSR count). The van der Waals surface area contributed by atoms with Crippen LogP contribution in [0.15, 0.2) is 24.3 Å². The molecule has 0 radical (unpaired) electrons. The van der Waals surface area contributed by atoms with Gasteiger partial charge in [0.1, 0.15) is 12.4 Å². The summed E-state index contributed by atoms with van der Waals surface area (Å²) < 4.78 is 5.36. The van der Waals surface area contributed by atoms with Crippen molar-refractivity contribution >= 4 is 5.69 Å². The Bertz CT molecular complexity index is 341. The number of ether oxygens (including phenoxy) is 1. The third kappa shape index (κ3) is 3.95. The lowest BCUT2D eigenvalue weighted by molar-refractivity contribution is -0.384. The van der Waals surface area contributed by atoms with Gasteiger partial charge in [-0.1, -0.05) is 0 Å². The minimum absolute atomic E-state index is 0.0503. The molecule has 5 nitrogen and oxygen atoms in total. The number of rotatable bonds is 4. The Balaban J connectivity index is 2.61. The molecule has 0 aromatic heterocycles. The van der Waals surface area contributed by atoms with Crippen LogP contribution in [-0.4, -0.2) is 17.1 Å². The predicted octanol–water partition coefficient (Wildman–Crippen LogP) is 1.71. The van der Waals surface area contributed by atoms with Crippen molar-refractivity contribution in [3.8, 4) is 5.75 Å². The Hall–Kier alpha value is -1.62. The van der Waals surface area contributed by atoms with Crippen LogP contribution in [0.3, 0.4) is 0 Å². The third-order valence-electron chi connectivity index (χ3n) is 1.66. The highest BCUT2D eigenvalue weighted by molar-refractivity contribution is 5.35. The van der Waals surface area contributed by atoms with Crippen LogP contribution in [0, 0.1) is 10.1 Å². The molecule has 0 bridgehead atoms. The highest BCUT2D eigenvalue weighted by atomic mass is 16.6. The van der Waals surface area contributed by atoms with Gasteiger partial charge in [-0.05, 0) is 26.0 Å². The molecule has 0 aliphatic rings. The quantitative estimate of drug-likeness (QED) is 0.606. The molecular formula is C10H14N2O3. The first-order valence-electron chi connectivity index (χ1n) is 4.55. The van der Waals surface area contributed by atoms with E-state index in [0.29, 0.717) is 12.4 Å². The second-order valence-electron chi connectivity index (χ2n) is 4.03. The van der Waals surface area contributed by atoms with Crippen LogP contribution in [0.1, 0.15) is 13.8 Å². The molecule has 0 spiro atoms. The topological polar surface area (TPSA) is 78.4 Å². The average Bonchev–Trinajstić information content (AvgIpc) is 2.14. The van der Waals surface area contributed by atoms with Gasteiger partial charge in [-0.3, -0.25) is 10.1 Å². The monoisotopic (exact) mass is 210 g/mol. The van der Waals surface area contributed by atoms with Crippen LogP contribution in [-0.2, 0) is 0 Å². The van der Waals surface area contributed by atoms with Gasteiger partial charge in [0, 0.05) is 17.7 Å². The Morgan fingerprint density at radius 1 is 1.40 bits per heavy atom. The lowest BCUT2D eigenvalue weighted by Crippen LogP contribution is -2.38. The van der Waals surface area contributed by atoms with Gasteiger partial charge in [0.15, 0.2) is 0 Å². The first kappa shape index (κ1) is 11.5. The summed E-state index contributed by atoms with van der Waals surface area (Å²) in [7, 11) is 0. The molecule has 0 amide bonds. The Morgan fingerprint density at radius 2 is 1.93 bits per heavy atom. The van der Waals surface area contributed by atoms with Gasteiger partial charge in [-0.2, -0.15) is 0 Å². The SMILES string of the molecule is CC(C)(N)COc1ccc([N+](=O)[O-])cc1. The van der Waals surface area contributed by atoms with Gasteiger partial charge in [0.25, 0.3) is 5.69 Å². The van der Waals surface area contributed by atoms with Crippen molar-refractivity contribution in [2.24, 2.45) is 5.73 Å². The number of hydrogen-bond acceptors (Lipinski definition) is 4. The second kappa shape index (κ2) is 4.27. The minimum atomic E-state index is -0.448. The van der Waals surface area contributed by atoms with E-state index in [1.165, 1.54) is 12.1 Å². The molecule has 0 atom stereocenters. The molecule has 0 aliphatic carbocycles. The van der Waals surface area contributed by atoms with Gasteiger partial charge in [-0.15, -0.1) is 0 Å². The number of nitrogens with two attached hydrogens (primary N) is 1. The van der Waals surface area contributed by atoms with Gasteiger partial charge < -0.3 is 10.5 Å². The molecule has 0 fully saturated rings. The zero-order valence-corrected chi connectivity index (χ0v) is 8.77. The van der Waals surface area contributed by atoms with Crippen molar-refractivity contribution in [3.05, 3.63) is 34.4 Å². The van der Waals surface area contributed by atoms with Crippen molar-refractivity contribution in [2.75, 3.05) is 6.61 Å². The largest absolute Gasteiger partial charge is 0.492 e. The van der Waals surface area contributed by atoms with Crippen molar-refractivity contribution < 1.29 is 9.66 Å². The summed E-state index contributed by atoms with van der Waals surface area (Å²) in [6.07, 6.45) is 0. The Labute approximate surface area is 88.0 Å². The fourth-order valence-electron chi connectivity index (χ4n) is 0.933. The average molecular weight is 210 g/mol. The van der Waals surface area contributed by atoms with E-state index in [4.69, 9.17) is 10.5 Å². The molecule has 1 aromatic carbocycles. The van der Waals surface area contributed by atoms with E-state index in [-0.39, 0.29) is 5.69 Å². The fourth-order valence-corrected chi connectivity index (χ4v) is 0.933. The van der Waals surface area contributed by atoms with Crippen LogP contribution >= 0.6 is 0 Å². The fraction of sp³-hybridized carbons (Fsp3) is 0.400. The van der Waals surface area contributed by atoms with E-state index in [2.05, 4.69) is 0 Å². The maximum Gasteiger partial charge on any atom is 0.269 e. The third-order valence-corrected chi connectivity index (χ3v) is 1.66. The molecule has 1 aromatic rings. The zero-order valence-electron chi connectivity index (χ0n) is 8.77. The highest BCUT2D eigenvalue weighted by Crippen LogP contribution is 2.17. The van der Waals surface area contributed by atoms with E-state index >= 15 is 0 Å². The smallest absolute Gasteiger partial charge is 0.269 e. The second-order valence-corrected chi connectivity index (χ2v) is 4.03. The van der Waals surface area contributed by atoms with E-state index in [0.717, 1.165) is 0 Å². The van der Waals surface area contributed by atoms with E-state index in [1.54, 1.807) is 12.1 Å². The summed E-state index contributed by atoms with van der Waals surface area (Å²) in [6.45, 7) is 4.06. The molecular weight excluding hydrogens is 196 g/mol. The number of hydrogen-bond donors (Lipinski definition) is 1. The summed E-state index contributed by atoms with van der Waals surface area (Å²) in [5.74, 6) is 0.583. The Kier molecular flexibility index (Phi) is 3.26. The van der Waals surface area contributed by atoms with Crippen LogP contribution < -0.4 is 10.5 Å². The minimum Gasteiger partial charge on any atom is -0.492 e. The molecule has 0 saturated carbocycles. The molecule has 82 valence electrons. The normalized spacial score (nSPS) is 11.1. The predicted molar refractivity (Wildman–Crippen MR) is 56.9 cm³/mol. The first-order chi connectivity index (χ1) is 6.88. The zero-order chi connectivity index (χ0) is 11.5. The van der Waals surface area contributed by atoms with Crippen LogP contribution in [0.4, 0.5) is 5.69 Å². The van der Waals surface area contributed by atoms with E-state index < -0.39 is 10.5 Å². The summed E-state index contributed by atoms with van der Waals surface area (Å²) >= 11 is 0. The molecule has 0 saturated heterocycles. The number of benzene rings is 1. The highest BCUT2D eigenvalue weighted by Gasteiger charge is 2.12. The van der Waals surface area contributed by atoms with Crippen LogP contribution in [0.2, 0.25) is 0 Å². The van der Waals surface area contributed by atoms with Gasteiger partial charge in [-0.25, -0.2) is 0 Å². The summed E-state index contributed by atoms with van der Waals surface area (Å²) in [5.41, 5.74) is 5.36. The number of non-ortho nitro benzene ring substituents is 1. The number of nitro groups is 1. The molecule has 0 unspecified atom stereocenters. The molecule has 0 aliphatic heterocycles. The van der Waals surface area contributed by atoms with Crippen LogP contribution in [0.25, 0.3) is 0 Å². The Morgan fingerprint density at radius 3 is 2.33 bits per heavy atom. The van der Waals surface area contributed by atoms with Crippen molar-refractivity contribution in [3.63, 3.8) is 0 Å². The standard InChI is InChI=1S/C10H14N2O3/c1-10(2,11)7-15-9-5-3-8(4-6-9)12(13)14/h3-6H,7,11H2,1-2H3. The van der Waals surface area contributed by atoms with Crippen LogP contribution in [0.5, 0.6) is 5.75 Å². The van der Waals surface area contributed by atoms with Crippen molar-refractivity contribution in [1.29, 1.82) is 0 Å².